The number of hydrogen-bond donors (Lipinski definition) is 0. The van der Waals surface area contributed by atoms with E-state index in [2.05, 4.69) is 5.10 Å². The highest BCUT2D eigenvalue weighted by Gasteiger charge is 2.20. The Hall–Kier alpha value is -4.46. The van der Waals surface area contributed by atoms with E-state index < -0.39 is 12.6 Å². The lowest BCUT2D eigenvalue weighted by Crippen LogP contribution is -2.32. The second-order valence-electron chi connectivity index (χ2n) is 8.02. The first-order valence-electron chi connectivity index (χ1n) is 11.0. The molecule has 0 unspecified atom stereocenters. The zero-order valence-electron chi connectivity index (χ0n) is 19.5. The predicted molar refractivity (Wildman–Crippen MR) is 131 cm³/mol. The van der Waals surface area contributed by atoms with Gasteiger partial charge in [0.15, 0.2) is 12.3 Å². The van der Waals surface area contributed by atoms with Gasteiger partial charge in [-0.3, -0.25) is 9.59 Å². The number of fused-ring (bicyclic) bond motifs is 1. The summed E-state index contributed by atoms with van der Waals surface area (Å²) in [5.41, 5.74) is 1.42. The Bertz CT molecular complexity index is 1420. The molecular weight excluding hydrogens is 446 g/mol. The van der Waals surface area contributed by atoms with Crippen LogP contribution in [0.25, 0.3) is 10.8 Å². The Labute approximate surface area is 202 Å². The third-order valence-electron chi connectivity index (χ3n) is 5.54. The van der Waals surface area contributed by atoms with E-state index in [4.69, 9.17) is 9.47 Å². The second-order valence-corrected chi connectivity index (χ2v) is 8.02. The van der Waals surface area contributed by atoms with Crippen molar-refractivity contribution < 1.29 is 19.1 Å². The van der Waals surface area contributed by atoms with Crippen molar-refractivity contribution in [2.75, 3.05) is 20.8 Å². The van der Waals surface area contributed by atoms with Gasteiger partial charge in [-0.25, -0.2) is 9.48 Å². The van der Waals surface area contributed by atoms with Crippen LogP contribution in [0.5, 0.6) is 5.75 Å². The van der Waals surface area contributed by atoms with Crippen LogP contribution in [0.3, 0.4) is 0 Å². The van der Waals surface area contributed by atoms with Crippen molar-refractivity contribution in [3.63, 3.8) is 0 Å². The van der Waals surface area contributed by atoms with Gasteiger partial charge >= 0.3 is 5.97 Å². The van der Waals surface area contributed by atoms with Gasteiger partial charge in [0.25, 0.3) is 11.5 Å². The van der Waals surface area contributed by atoms with Gasteiger partial charge in [0.1, 0.15) is 5.75 Å². The average molecular weight is 472 g/mol. The molecule has 0 saturated carbocycles. The van der Waals surface area contributed by atoms with Crippen LogP contribution in [0, 0.1) is 0 Å². The van der Waals surface area contributed by atoms with Crippen molar-refractivity contribution in [3.05, 3.63) is 106 Å². The highest BCUT2D eigenvalue weighted by Crippen LogP contribution is 2.16. The molecule has 0 saturated heterocycles. The summed E-state index contributed by atoms with van der Waals surface area (Å²) in [6, 6.07) is 23.5. The fourth-order valence-electron chi connectivity index (χ4n) is 3.69. The molecule has 8 nitrogen and oxygen atoms in total. The maximum Gasteiger partial charge on any atom is 0.359 e. The van der Waals surface area contributed by atoms with Crippen LogP contribution in [0.4, 0.5) is 0 Å². The van der Waals surface area contributed by atoms with Gasteiger partial charge in [-0.05, 0) is 29.3 Å². The lowest BCUT2D eigenvalue weighted by atomic mass is 10.1. The van der Waals surface area contributed by atoms with Gasteiger partial charge in [-0.2, -0.15) is 5.10 Å². The molecule has 3 aromatic carbocycles. The number of nitrogens with zero attached hydrogens (tertiary/aromatic N) is 3. The molecule has 0 spiro atoms. The smallest absolute Gasteiger partial charge is 0.359 e. The zero-order valence-corrected chi connectivity index (χ0v) is 19.5. The van der Waals surface area contributed by atoms with E-state index in [-0.39, 0.29) is 23.7 Å². The Kier molecular flexibility index (Phi) is 7.21. The molecule has 0 aliphatic heterocycles. The van der Waals surface area contributed by atoms with Crippen LogP contribution in [0.1, 0.15) is 21.6 Å². The highest BCUT2D eigenvalue weighted by atomic mass is 16.5. The molecular formula is C27H25N3O5. The van der Waals surface area contributed by atoms with Crippen LogP contribution in [-0.2, 0) is 22.6 Å². The van der Waals surface area contributed by atoms with Crippen LogP contribution in [-0.4, -0.2) is 47.3 Å². The van der Waals surface area contributed by atoms with E-state index in [1.807, 2.05) is 54.6 Å². The van der Waals surface area contributed by atoms with Crippen molar-refractivity contribution in [2.45, 2.75) is 13.1 Å². The van der Waals surface area contributed by atoms with Crippen molar-refractivity contribution in [3.8, 4) is 5.75 Å². The number of esters is 1. The number of aromatic nitrogens is 2. The predicted octanol–water partition coefficient (Wildman–Crippen LogP) is 3.27. The lowest BCUT2D eigenvalue weighted by molar-refractivity contribution is -0.133. The maximum atomic E-state index is 13.0. The first kappa shape index (κ1) is 23.7. The van der Waals surface area contributed by atoms with Crippen LogP contribution in [0.2, 0.25) is 0 Å². The third kappa shape index (κ3) is 5.55. The standard InChI is InChI=1S/C27H25N3O5/c1-29(16-20-11-8-12-21(15-20)34-2)24(31)18-35-27(33)25-22-13-6-7-14-23(22)26(32)30(28-25)17-19-9-4-3-5-10-19/h3-15H,16-18H2,1-2H3. The molecule has 0 fully saturated rings. The van der Waals surface area contributed by atoms with E-state index in [0.717, 1.165) is 11.1 Å². The zero-order chi connectivity index (χ0) is 24.8. The van der Waals surface area contributed by atoms with Crippen molar-refractivity contribution >= 4 is 22.6 Å². The van der Waals surface area contributed by atoms with Gasteiger partial charge in [-0.1, -0.05) is 60.7 Å². The summed E-state index contributed by atoms with van der Waals surface area (Å²) in [7, 11) is 3.21. The van der Waals surface area contributed by atoms with Crippen molar-refractivity contribution in [2.24, 2.45) is 0 Å². The van der Waals surface area contributed by atoms with E-state index >= 15 is 0 Å². The molecule has 35 heavy (non-hydrogen) atoms. The molecule has 178 valence electrons. The number of benzene rings is 3. The lowest BCUT2D eigenvalue weighted by Gasteiger charge is -2.18. The summed E-state index contributed by atoms with van der Waals surface area (Å²) >= 11 is 0. The number of methoxy groups -OCH3 is 1. The molecule has 0 bridgehead atoms. The molecule has 0 atom stereocenters. The molecule has 4 rings (SSSR count). The Morgan fingerprint density at radius 3 is 2.34 bits per heavy atom. The molecule has 0 N–H and O–H groups in total. The quantitative estimate of drug-likeness (QED) is 0.367. The van der Waals surface area contributed by atoms with Crippen LogP contribution < -0.4 is 10.3 Å². The number of hydrogen-bond acceptors (Lipinski definition) is 6. The van der Waals surface area contributed by atoms with Gasteiger partial charge in [0, 0.05) is 19.0 Å². The van der Waals surface area contributed by atoms with Crippen molar-refractivity contribution in [1.82, 2.24) is 14.7 Å². The number of rotatable bonds is 8. The first-order chi connectivity index (χ1) is 17.0. The number of amides is 1. The SMILES string of the molecule is COc1cccc(CN(C)C(=O)COC(=O)c2nn(Cc3ccccc3)c(=O)c3ccccc23)c1. The molecule has 4 aromatic rings. The number of ether oxygens (including phenoxy) is 2. The van der Waals surface area contributed by atoms with Gasteiger partial charge < -0.3 is 14.4 Å². The molecule has 1 amide bonds. The van der Waals surface area contributed by atoms with Crippen LogP contribution >= 0.6 is 0 Å². The minimum atomic E-state index is -0.772. The van der Waals surface area contributed by atoms with Gasteiger partial charge in [-0.15, -0.1) is 0 Å². The fourth-order valence-corrected chi connectivity index (χ4v) is 3.69. The van der Waals surface area contributed by atoms with Crippen LogP contribution in [0.15, 0.2) is 83.7 Å². The second kappa shape index (κ2) is 10.6. The van der Waals surface area contributed by atoms with E-state index in [1.54, 1.807) is 38.4 Å². The molecule has 1 aromatic heterocycles. The summed E-state index contributed by atoms with van der Waals surface area (Å²) in [4.78, 5) is 40.0. The van der Waals surface area contributed by atoms with E-state index in [0.29, 0.717) is 23.1 Å². The third-order valence-corrected chi connectivity index (χ3v) is 5.54. The first-order valence-corrected chi connectivity index (χ1v) is 11.0. The fraction of sp³-hybridized carbons (Fsp3) is 0.185. The van der Waals surface area contributed by atoms with Gasteiger partial charge in [0.2, 0.25) is 0 Å². The largest absolute Gasteiger partial charge is 0.497 e. The molecule has 0 aliphatic carbocycles. The topological polar surface area (TPSA) is 90.7 Å². The summed E-state index contributed by atoms with van der Waals surface area (Å²) in [5, 5.41) is 5.03. The monoisotopic (exact) mass is 471 g/mol. The molecule has 0 aliphatic rings. The average Bonchev–Trinajstić information content (AvgIpc) is 2.89. The molecule has 8 heteroatoms. The number of carbonyl (C=O) groups excluding carboxylic acids is 2. The minimum absolute atomic E-state index is 0.0145. The number of likely N-dealkylation sites (N-methyl/N-ethyl adjacent to an activating group) is 1. The maximum absolute atomic E-state index is 13.0. The Morgan fingerprint density at radius 2 is 1.60 bits per heavy atom. The summed E-state index contributed by atoms with van der Waals surface area (Å²) < 4.78 is 11.8. The van der Waals surface area contributed by atoms with Gasteiger partial charge in [0.05, 0.1) is 19.0 Å². The van der Waals surface area contributed by atoms with E-state index in [9.17, 15) is 14.4 Å². The number of carbonyl (C=O) groups is 2. The minimum Gasteiger partial charge on any atom is -0.497 e. The summed E-state index contributed by atoms with van der Waals surface area (Å²) in [5.74, 6) is -0.451. The van der Waals surface area contributed by atoms with Crippen molar-refractivity contribution in [1.29, 1.82) is 0 Å². The normalized spacial score (nSPS) is 10.7. The molecule has 0 radical (unpaired) electrons. The Morgan fingerprint density at radius 1 is 0.914 bits per heavy atom. The Balaban J connectivity index is 1.51. The van der Waals surface area contributed by atoms with E-state index in [1.165, 1.54) is 9.58 Å². The summed E-state index contributed by atoms with van der Waals surface area (Å²) in [6.45, 7) is 0.0802. The summed E-state index contributed by atoms with van der Waals surface area (Å²) in [6.07, 6.45) is 0. The highest BCUT2D eigenvalue weighted by molar-refractivity contribution is 6.02. The molecule has 1 heterocycles.